The number of pyridine rings is 1. The maximum absolute atomic E-state index is 13.4. The third-order valence-corrected chi connectivity index (χ3v) is 5.65. The number of nitrogens with zero attached hydrogens (tertiary/aromatic N) is 1. The highest BCUT2D eigenvalue weighted by molar-refractivity contribution is 6.30. The van der Waals surface area contributed by atoms with E-state index in [0.717, 1.165) is 12.3 Å². The van der Waals surface area contributed by atoms with E-state index < -0.39 is 29.2 Å². The highest BCUT2D eigenvalue weighted by Crippen LogP contribution is 2.60. The van der Waals surface area contributed by atoms with Gasteiger partial charge in [0.1, 0.15) is 17.3 Å². The number of carbonyl (C=O) groups excluding carboxylic acids is 2. The number of halogens is 4. The van der Waals surface area contributed by atoms with Crippen molar-refractivity contribution in [3.63, 3.8) is 0 Å². The number of ether oxygens (including phenoxy) is 1. The standard InChI is InChI=1S/C20H17ClF3N3O3/c21-13-3-2-12(5-14(13)22)30-7-16(28)26-19-8-20(9-19,10-19)27-18(29)15-4-1-11(6-25-15)17(23)24/h1-6,17H,7-10H2,(H,26,28)(H,27,29). The van der Waals surface area contributed by atoms with Crippen molar-refractivity contribution in [3.05, 3.63) is 58.6 Å². The summed E-state index contributed by atoms with van der Waals surface area (Å²) in [6.07, 6.45) is 0.0148. The SMILES string of the molecule is O=C(COc1ccc(Cl)c(F)c1)NC12CC(NC(=O)c3ccc(C(F)F)cn3)(C1)C2. The molecule has 5 rings (SSSR count). The van der Waals surface area contributed by atoms with Gasteiger partial charge in [-0.05, 0) is 43.5 Å². The highest BCUT2D eigenvalue weighted by Gasteiger charge is 2.69. The predicted molar refractivity (Wildman–Crippen MR) is 101 cm³/mol. The van der Waals surface area contributed by atoms with E-state index in [0.29, 0.717) is 19.3 Å². The Morgan fingerprint density at radius 2 is 1.83 bits per heavy atom. The van der Waals surface area contributed by atoms with Crippen molar-refractivity contribution >= 4 is 23.4 Å². The Labute approximate surface area is 174 Å². The van der Waals surface area contributed by atoms with Gasteiger partial charge in [0.05, 0.1) is 5.02 Å². The number of amides is 2. The van der Waals surface area contributed by atoms with Crippen LogP contribution in [0.4, 0.5) is 13.2 Å². The van der Waals surface area contributed by atoms with Gasteiger partial charge in [-0.1, -0.05) is 11.6 Å². The molecule has 0 aliphatic heterocycles. The fourth-order valence-electron chi connectivity index (χ4n) is 4.07. The first-order valence-electron chi connectivity index (χ1n) is 9.15. The van der Waals surface area contributed by atoms with Gasteiger partial charge < -0.3 is 15.4 Å². The molecule has 0 saturated heterocycles. The van der Waals surface area contributed by atoms with Gasteiger partial charge in [-0.3, -0.25) is 14.6 Å². The molecule has 2 aromatic rings. The van der Waals surface area contributed by atoms with Crippen molar-refractivity contribution in [2.24, 2.45) is 0 Å². The molecule has 3 saturated carbocycles. The molecule has 2 N–H and O–H groups in total. The zero-order valence-electron chi connectivity index (χ0n) is 15.6. The molecule has 0 unspecified atom stereocenters. The van der Waals surface area contributed by atoms with Crippen LogP contribution in [0.2, 0.25) is 5.02 Å². The number of alkyl halides is 2. The van der Waals surface area contributed by atoms with E-state index >= 15 is 0 Å². The van der Waals surface area contributed by atoms with Crippen molar-refractivity contribution in [1.82, 2.24) is 15.6 Å². The van der Waals surface area contributed by atoms with E-state index in [4.69, 9.17) is 16.3 Å². The van der Waals surface area contributed by atoms with Crippen LogP contribution in [-0.2, 0) is 4.79 Å². The molecule has 1 aromatic heterocycles. The van der Waals surface area contributed by atoms with E-state index in [2.05, 4.69) is 15.6 Å². The van der Waals surface area contributed by atoms with Crippen molar-refractivity contribution in [2.45, 2.75) is 36.8 Å². The Hall–Kier alpha value is -2.81. The zero-order valence-corrected chi connectivity index (χ0v) is 16.3. The third kappa shape index (κ3) is 3.94. The second-order valence-electron chi connectivity index (χ2n) is 7.74. The molecular weight excluding hydrogens is 423 g/mol. The van der Waals surface area contributed by atoms with Gasteiger partial charge in [0.25, 0.3) is 18.2 Å². The van der Waals surface area contributed by atoms with Gasteiger partial charge in [0.2, 0.25) is 0 Å². The topological polar surface area (TPSA) is 80.3 Å². The van der Waals surface area contributed by atoms with Crippen LogP contribution in [0.1, 0.15) is 41.7 Å². The minimum atomic E-state index is -2.64. The average Bonchev–Trinajstić information content (AvgIpc) is 2.66. The molecule has 1 heterocycles. The third-order valence-electron chi connectivity index (χ3n) is 5.35. The van der Waals surface area contributed by atoms with Crippen molar-refractivity contribution in [1.29, 1.82) is 0 Å². The Bertz CT molecular complexity index is 981. The van der Waals surface area contributed by atoms with E-state index in [-0.39, 0.29) is 34.5 Å². The average molecular weight is 440 g/mol. The van der Waals surface area contributed by atoms with Gasteiger partial charge in [-0.25, -0.2) is 13.2 Å². The monoisotopic (exact) mass is 439 g/mol. The van der Waals surface area contributed by atoms with Gasteiger partial charge >= 0.3 is 0 Å². The molecule has 3 aliphatic carbocycles. The molecule has 2 amide bonds. The Balaban J connectivity index is 1.23. The number of hydrogen-bond acceptors (Lipinski definition) is 4. The van der Waals surface area contributed by atoms with Crippen LogP contribution >= 0.6 is 11.6 Å². The Morgan fingerprint density at radius 1 is 1.13 bits per heavy atom. The molecule has 6 nitrogen and oxygen atoms in total. The first kappa shape index (κ1) is 20.5. The normalized spacial score (nSPS) is 23.9. The summed E-state index contributed by atoms with van der Waals surface area (Å²) in [7, 11) is 0. The summed E-state index contributed by atoms with van der Waals surface area (Å²) in [6.45, 7) is -0.275. The van der Waals surface area contributed by atoms with Gasteiger partial charge in [-0.2, -0.15) is 0 Å². The number of rotatable bonds is 7. The second-order valence-corrected chi connectivity index (χ2v) is 8.14. The van der Waals surface area contributed by atoms with Crippen LogP contribution in [0.25, 0.3) is 0 Å². The maximum Gasteiger partial charge on any atom is 0.270 e. The van der Waals surface area contributed by atoms with Crippen LogP contribution in [0, 0.1) is 5.82 Å². The Kier molecular flexibility index (Phi) is 5.09. The van der Waals surface area contributed by atoms with Crippen LogP contribution < -0.4 is 15.4 Å². The summed E-state index contributed by atoms with van der Waals surface area (Å²) in [5, 5.41) is 5.71. The molecule has 0 spiro atoms. The lowest BCUT2D eigenvalue weighted by atomic mass is 9.44. The molecule has 2 bridgehead atoms. The summed E-state index contributed by atoms with van der Waals surface area (Å²) < 4.78 is 43.8. The molecule has 1 aromatic carbocycles. The number of benzene rings is 1. The molecule has 3 aliphatic rings. The lowest BCUT2D eigenvalue weighted by Gasteiger charge is -2.70. The van der Waals surface area contributed by atoms with Crippen LogP contribution in [-0.4, -0.2) is 34.5 Å². The minimum Gasteiger partial charge on any atom is -0.484 e. The molecule has 30 heavy (non-hydrogen) atoms. The van der Waals surface area contributed by atoms with Crippen LogP contribution in [0.3, 0.4) is 0 Å². The molecule has 158 valence electrons. The van der Waals surface area contributed by atoms with Crippen LogP contribution in [0.5, 0.6) is 5.75 Å². The van der Waals surface area contributed by atoms with Crippen LogP contribution in [0.15, 0.2) is 36.5 Å². The quantitative estimate of drug-likeness (QED) is 0.693. The largest absolute Gasteiger partial charge is 0.484 e. The van der Waals surface area contributed by atoms with Gasteiger partial charge in [-0.15, -0.1) is 0 Å². The summed E-state index contributed by atoms with van der Waals surface area (Å²) in [4.78, 5) is 28.2. The van der Waals surface area contributed by atoms with E-state index in [1.807, 2.05) is 0 Å². The number of aromatic nitrogens is 1. The highest BCUT2D eigenvalue weighted by atomic mass is 35.5. The predicted octanol–water partition coefficient (Wildman–Crippen LogP) is 3.41. The second kappa shape index (κ2) is 7.46. The summed E-state index contributed by atoms with van der Waals surface area (Å²) in [5.41, 5.74) is -1.01. The van der Waals surface area contributed by atoms with E-state index in [1.54, 1.807) is 0 Å². The van der Waals surface area contributed by atoms with E-state index in [1.165, 1.54) is 24.3 Å². The summed E-state index contributed by atoms with van der Waals surface area (Å²) in [5.74, 6) is -1.23. The first-order valence-corrected chi connectivity index (χ1v) is 9.53. The van der Waals surface area contributed by atoms with Crippen molar-refractivity contribution in [3.8, 4) is 5.75 Å². The Morgan fingerprint density at radius 3 is 2.43 bits per heavy atom. The number of carbonyl (C=O) groups is 2. The first-order chi connectivity index (χ1) is 14.2. The lowest BCUT2D eigenvalue weighted by Crippen LogP contribution is -2.84. The smallest absolute Gasteiger partial charge is 0.270 e. The molecule has 0 radical (unpaired) electrons. The zero-order chi connectivity index (χ0) is 21.5. The number of hydrogen-bond donors (Lipinski definition) is 2. The van der Waals surface area contributed by atoms with Gasteiger partial charge in [0, 0.05) is 28.9 Å². The van der Waals surface area contributed by atoms with Gasteiger partial charge in [0.15, 0.2) is 6.61 Å². The lowest BCUT2D eigenvalue weighted by molar-refractivity contribution is -0.141. The van der Waals surface area contributed by atoms with Crippen molar-refractivity contribution in [2.75, 3.05) is 6.61 Å². The fourth-order valence-corrected chi connectivity index (χ4v) is 4.19. The molecular formula is C20H17ClF3N3O3. The van der Waals surface area contributed by atoms with Crippen molar-refractivity contribution < 1.29 is 27.5 Å². The number of nitrogens with one attached hydrogen (secondary N) is 2. The summed E-state index contributed by atoms with van der Waals surface area (Å²) in [6, 6.07) is 6.34. The van der Waals surface area contributed by atoms with E-state index in [9.17, 15) is 22.8 Å². The molecule has 0 atom stereocenters. The maximum atomic E-state index is 13.4. The summed E-state index contributed by atoms with van der Waals surface area (Å²) >= 11 is 5.60. The molecule has 10 heteroatoms. The fraction of sp³-hybridized carbons (Fsp3) is 0.350. The molecule has 3 fully saturated rings. The minimum absolute atomic E-state index is 0.0341.